The average Bonchev–Trinajstić information content (AvgIpc) is 3.72. The summed E-state index contributed by atoms with van der Waals surface area (Å²) in [5.74, 6) is 1.51. The van der Waals surface area contributed by atoms with Gasteiger partial charge in [0.2, 0.25) is 0 Å². The number of carbonyl (C=O) groups is 1. The van der Waals surface area contributed by atoms with Crippen LogP contribution in [0, 0.1) is 0 Å². The van der Waals surface area contributed by atoms with Gasteiger partial charge in [0.1, 0.15) is 16.9 Å². The van der Waals surface area contributed by atoms with E-state index in [2.05, 4.69) is 36.7 Å². The van der Waals surface area contributed by atoms with Crippen LogP contribution in [0.5, 0.6) is 0 Å². The molecule has 0 unspecified atom stereocenters. The van der Waals surface area contributed by atoms with Crippen molar-refractivity contribution in [2.45, 2.75) is 57.8 Å². The molecule has 0 saturated heterocycles. The van der Waals surface area contributed by atoms with Gasteiger partial charge in [-0.25, -0.2) is 9.97 Å². The smallest absolute Gasteiger partial charge is 0.271 e. The monoisotopic (exact) mass is 475 g/mol. The number of imidazole rings is 1. The lowest BCUT2D eigenvalue weighted by Crippen LogP contribution is -2.36. The second-order valence-electron chi connectivity index (χ2n) is 10.2. The molecule has 4 heterocycles. The van der Waals surface area contributed by atoms with Crippen molar-refractivity contribution >= 4 is 39.6 Å². The highest BCUT2D eigenvalue weighted by Crippen LogP contribution is 2.39. The molecule has 2 aliphatic rings. The minimum atomic E-state index is 0.137. The van der Waals surface area contributed by atoms with Crippen LogP contribution in [-0.4, -0.2) is 70.8 Å². The Bertz CT molecular complexity index is 1420. The molecule has 10 heteroatoms. The zero-order valence-electron chi connectivity index (χ0n) is 21.1. The molecule has 0 spiro atoms. The van der Waals surface area contributed by atoms with Crippen molar-refractivity contribution in [3.05, 3.63) is 29.8 Å². The Labute approximate surface area is 204 Å². The van der Waals surface area contributed by atoms with Gasteiger partial charge in [-0.15, -0.1) is 0 Å². The zero-order valence-corrected chi connectivity index (χ0v) is 21.1. The first-order valence-corrected chi connectivity index (χ1v) is 12.5. The van der Waals surface area contributed by atoms with Gasteiger partial charge in [-0.3, -0.25) is 9.48 Å². The number of rotatable bonds is 8. The summed E-state index contributed by atoms with van der Waals surface area (Å²) in [5, 5.41) is 9.01. The highest BCUT2D eigenvalue weighted by atomic mass is 16.2. The Balaban J connectivity index is 1.46. The van der Waals surface area contributed by atoms with Crippen LogP contribution < -0.4 is 5.32 Å². The van der Waals surface area contributed by atoms with E-state index in [1.807, 2.05) is 49.6 Å². The zero-order chi connectivity index (χ0) is 24.4. The van der Waals surface area contributed by atoms with Gasteiger partial charge in [-0.05, 0) is 52.8 Å². The lowest BCUT2D eigenvalue weighted by molar-refractivity contribution is 0.0719. The Hall–Kier alpha value is -3.40. The number of fused-ring (bicyclic) bond motifs is 3. The molecule has 184 valence electrons. The molecular weight excluding hydrogens is 442 g/mol. The maximum absolute atomic E-state index is 13.7. The van der Waals surface area contributed by atoms with Crippen LogP contribution in [0.4, 0.5) is 11.6 Å². The number of anilines is 2. The highest BCUT2D eigenvalue weighted by Gasteiger charge is 2.43. The largest absolute Gasteiger partial charge is 0.333 e. The van der Waals surface area contributed by atoms with Crippen LogP contribution in [-0.2, 0) is 27.2 Å². The van der Waals surface area contributed by atoms with Crippen molar-refractivity contribution in [1.82, 2.24) is 38.7 Å². The van der Waals surface area contributed by atoms with E-state index in [-0.39, 0.29) is 5.91 Å². The van der Waals surface area contributed by atoms with E-state index >= 15 is 0 Å². The summed E-state index contributed by atoms with van der Waals surface area (Å²) in [7, 11) is 8.01. The predicted molar refractivity (Wildman–Crippen MR) is 136 cm³/mol. The summed E-state index contributed by atoms with van der Waals surface area (Å²) in [6, 6.07) is 4.87. The third-order valence-corrected chi connectivity index (χ3v) is 7.05. The molecule has 0 aromatic carbocycles. The molecule has 1 N–H and O–H groups in total. The Kier molecular flexibility index (Phi) is 5.10. The minimum absolute atomic E-state index is 0.137. The first-order valence-electron chi connectivity index (χ1n) is 12.5. The Morgan fingerprint density at radius 2 is 1.86 bits per heavy atom. The van der Waals surface area contributed by atoms with Crippen molar-refractivity contribution < 1.29 is 4.79 Å². The number of aromatic nitrogens is 6. The summed E-state index contributed by atoms with van der Waals surface area (Å²) in [6.07, 6.45) is 6.28. The molecule has 35 heavy (non-hydrogen) atoms. The first kappa shape index (κ1) is 22.1. The van der Waals surface area contributed by atoms with Gasteiger partial charge < -0.3 is 24.3 Å². The second-order valence-corrected chi connectivity index (χ2v) is 10.2. The SMILES string of the molecule is CCn1c(C(=O)N(C2CC2)C2CC2)cc2c3c(ncn3C)c(Nc3cc(CN(C)C)n(C)n3)nc21. The number of nitrogens with zero attached hydrogens (tertiary/aromatic N) is 8. The maximum Gasteiger partial charge on any atom is 0.271 e. The van der Waals surface area contributed by atoms with Gasteiger partial charge in [0.25, 0.3) is 5.91 Å². The van der Waals surface area contributed by atoms with E-state index in [1.165, 1.54) is 0 Å². The fourth-order valence-electron chi connectivity index (χ4n) is 5.13. The third kappa shape index (κ3) is 3.76. The van der Waals surface area contributed by atoms with Crippen LogP contribution in [0.1, 0.15) is 48.8 Å². The van der Waals surface area contributed by atoms with E-state index < -0.39 is 0 Å². The van der Waals surface area contributed by atoms with Crippen molar-refractivity contribution in [2.24, 2.45) is 14.1 Å². The van der Waals surface area contributed by atoms with E-state index in [4.69, 9.17) is 4.98 Å². The quantitative estimate of drug-likeness (QED) is 0.421. The van der Waals surface area contributed by atoms with Gasteiger partial charge in [0.05, 0.1) is 17.5 Å². The van der Waals surface area contributed by atoms with E-state index in [0.717, 1.165) is 71.5 Å². The summed E-state index contributed by atoms with van der Waals surface area (Å²) in [5.41, 5.74) is 4.35. The summed E-state index contributed by atoms with van der Waals surface area (Å²) >= 11 is 0. The topological polar surface area (TPSA) is 89.0 Å². The van der Waals surface area contributed by atoms with Crippen LogP contribution in [0.15, 0.2) is 18.5 Å². The van der Waals surface area contributed by atoms with E-state index in [9.17, 15) is 4.79 Å². The summed E-state index contributed by atoms with van der Waals surface area (Å²) < 4.78 is 5.95. The minimum Gasteiger partial charge on any atom is -0.333 e. The van der Waals surface area contributed by atoms with Crippen molar-refractivity contribution in [1.29, 1.82) is 0 Å². The number of pyridine rings is 1. The number of carbonyl (C=O) groups excluding carboxylic acids is 1. The molecule has 0 bridgehead atoms. The molecule has 6 rings (SSSR count). The molecule has 4 aromatic heterocycles. The van der Waals surface area contributed by atoms with Gasteiger partial charge in [0, 0.05) is 50.7 Å². The second kappa shape index (κ2) is 8.08. The Morgan fingerprint density at radius 1 is 1.14 bits per heavy atom. The van der Waals surface area contributed by atoms with E-state index in [1.54, 1.807) is 6.33 Å². The van der Waals surface area contributed by atoms with Crippen LogP contribution in [0.25, 0.3) is 22.1 Å². The molecule has 2 fully saturated rings. The first-order chi connectivity index (χ1) is 16.9. The number of hydrogen-bond acceptors (Lipinski definition) is 6. The van der Waals surface area contributed by atoms with Crippen molar-refractivity contribution in [3.63, 3.8) is 0 Å². The van der Waals surface area contributed by atoms with Gasteiger partial charge in [-0.1, -0.05) is 0 Å². The molecule has 0 radical (unpaired) electrons. The highest BCUT2D eigenvalue weighted by molar-refractivity contribution is 6.10. The summed E-state index contributed by atoms with van der Waals surface area (Å²) in [6.45, 7) is 3.53. The number of amides is 1. The number of hydrogen-bond donors (Lipinski definition) is 1. The van der Waals surface area contributed by atoms with Crippen molar-refractivity contribution in [3.8, 4) is 0 Å². The average molecular weight is 476 g/mol. The standard InChI is InChI=1S/C25H33N9O/c1-6-33-19(25(35)34(15-7-8-15)16-9-10-16)12-18-22-21(26-14-31(22)4)23(28-24(18)33)27-20-11-17(13-30(2)3)32(5)29-20/h11-12,14-16H,6-10,13H2,1-5H3,(H,27,28,29). The third-order valence-electron chi connectivity index (χ3n) is 7.05. The molecular formula is C25H33N9O. The number of nitrogens with one attached hydrogen (secondary N) is 1. The molecule has 2 aliphatic carbocycles. The van der Waals surface area contributed by atoms with Gasteiger partial charge >= 0.3 is 0 Å². The van der Waals surface area contributed by atoms with E-state index in [0.29, 0.717) is 24.4 Å². The molecule has 4 aromatic rings. The summed E-state index contributed by atoms with van der Waals surface area (Å²) in [4.78, 5) is 27.7. The Morgan fingerprint density at radius 3 is 2.49 bits per heavy atom. The fourth-order valence-corrected chi connectivity index (χ4v) is 5.13. The number of aryl methyl sites for hydroxylation is 3. The predicted octanol–water partition coefficient (Wildman–Crippen LogP) is 3.25. The lowest BCUT2D eigenvalue weighted by atomic mass is 10.2. The molecule has 1 amide bonds. The van der Waals surface area contributed by atoms with Crippen molar-refractivity contribution in [2.75, 3.05) is 19.4 Å². The molecule has 2 saturated carbocycles. The van der Waals surface area contributed by atoms with Crippen LogP contribution in [0.3, 0.4) is 0 Å². The normalized spacial score (nSPS) is 16.1. The molecule has 0 aliphatic heterocycles. The van der Waals surface area contributed by atoms with Gasteiger partial charge in [0.15, 0.2) is 11.6 Å². The van der Waals surface area contributed by atoms with Crippen LogP contribution >= 0.6 is 0 Å². The van der Waals surface area contributed by atoms with Gasteiger partial charge in [-0.2, -0.15) is 5.10 Å². The lowest BCUT2D eigenvalue weighted by Gasteiger charge is -2.22. The fraction of sp³-hybridized carbons (Fsp3) is 0.520. The van der Waals surface area contributed by atoms with Crippen LogP contribution in [0.2, 0.25) is 0 Å². The molecule has 10 nitrogen and oxygen atoms in total. The molecule has 0 atom stereocenters. The maximum atomic E-state index is 13.7.